The molecule has 1 amide bonds. The summed E-state index contributed by atoms with van der Waals surface area (Å²) in [7, 11) is 0. The number of hydrogen-bond acceptors (Lipinski definition) is 3. The summed E-state index contributed by atoms with van der Waals surface area (Å²) in [6.45, 7) is 3.82. The third-order valence-electron chi connectivity index (χ3n) is 3.23. The molecule has 1 aromatic carbocycles. The maximum absolute atomic E-state index is 12.5. The summed E-state index contributed by atoms with van der Waals surface area (Å²) in [6, 6.07) is 11.5. The number of pyridine rings is 1. The number of benzene rings is 1. The third-order valence-corrected chi connectivity index (χ3v) is 4.16. The Hall–Kier alpha value is -2.02. The van der Waals surface area contributed by atoms with Crippen molar-refractivity contribution in [2.45, 2.75) is 31.1 Å². The molecule has 0 saturated heterocycles. The van der Waals surface area contributed by atoms with Crippen LogP contribution in [0.4, 0.5) is 18.9 Å². The Balaban J connectivity index is 2.03. The second kappa shape index (κ2) is 7.70. The molecule has 0 N–H and O–H groups in total. The summed E-state index contributed by atoms with van der Waals surface area (Å²) in [5.74, 6) is -0.0197. The molecular formula is C17H17F3N2OS. The molecule has 0 radical (unpaired) electrons. The lowest BCUT2D eigenvalue weighted by atomic mass is 10.2. The largest absolute Gasteiger partial charge is 0.417 e. The number of thioether (sulfide) groups is 1. The van der Waals surface area contributed by atoms with Gasteiger partial charge in [0.05, 0.1) is 16.3 Å². The van der Waals surface area contributed by atoms with E-state index in [1.165, 1.54) is 6.07 Å². The fraction of sp³-hybridized carbons (Fsp3) is 0.294. The first kappa shape index (κ1) is 18.3. The van der Waals surface area contributed by atoms with Crippen LogP contribution in [0.25, 0.3) is 0 Å². The number of rotatable bonds is 5. The maximum atomic E-state index is 12.5. The van der Waals surface area contributed by atoms with Gasteiger partial charge < -0.3 is 4.90 Å². The minimum absolute atomic E-state index is 0.0268. The molecule has 7 heteroatoms. The first-order chi connectivity index (χ1) is 11.3. The number of para-hydroxylation sites is 1. The molecule has 1 heterocycles. The fourth-order valence-electron chi connectivity index (χ4n) is 2.16. The van der Waals surface area contributed by atoms with Crippen molar-refractivity contribution in [1.29, 1.82) is 0 Å². The Bertz CT molecular complexity index is 672. The minimum Gasteiger partial charge on any atom is -0.309 e. The lowest BCUT2D eigenvalue weighted by molar-refractivity contribution is -0.137. The number of carbonyl (C=O) groups excluding carboxylic acids is 1. The van der Waals surface area contributed by atoms with Crippen molar-refractivity contribution in [2.75, 3.05) is 10.7 Å². The molecule has 128 valence electrons. The highest BCUT2D eigenvalue weighted by Crippen LogP contribution is 2.29. The summed E-state index contributed by atoms with van der Waals surface area (Å²) in [5.41, 5.74) is -0.00949. The molecule has 0 bridgehead atoms. The van der Waals surface area contributed by atoms with E-state index in [-0.39, 0.29) is 17.7 Å². The van der Waals surface area contributed by atoms with Crippen molar-refractivity contribution in [3.63, 3.8) is 0 Å². The van der Waals surface area contributed by atoms with Gasteiger partial charge in [0.15, 0.2) is 0 Å². The highest BCUT2D eigenvalue weighted by Gasteiger charge is 2.30. The van der Waals surface area contributed by atoms with Crippen molar-refractivity contribution in [1.82, 2.24) is 4.98 Å². The molecule has 0 unspecified atom stereocenters. The van der Waals surface area contributed by atoms with Gasteiger partial charge in [0.1, 0.15) is 0 Å². The van der Waals surface area contributed by atoms with Crippen molar-refractivity contribution in [3.8, 4) is 0 Å². The minimum atomic E-state index is -4.41. The summed E-state index contributed by atoms with van der Waals surface area (Å²) in [5, 5.41) is 0.383. The van der Waals surface area contributed by atoms with Gasteiger partial charge in [-0.25, -0.2) is 4.98 Å². The van der Waals surface area contributed by atoms with E-state index in [0.29, 0.717) is 5.03 Å². The maximum Gasteiger partial charge on any atom is 0.417 e. The van der Waals surface area contributed by atoms with Crippen LogP contribution in [0, 0.1) is 0 Å². The number of carbonyl (C=O) groups is 1. The van der Waals surface area contributed by atoms with Crippen LogP contribution in [-0.4, -0.2) is 22.7 Å². The third kappa shape index (κ3) is 4.74. The van der Waals surface area contributed by atoms with Gasteiger partial charge in [-0.15, -0.1) is 0 Å². The van der Waals surface area contributed by atoms with Gasteiger partial charge in [-0.05, 0) is 38.1 Å². The van der Waals surface area contributed by atoms with E-state index in [2.05, 4.69) is 4.98 Å². The van der Waals surface area contributed by atoms with Gasteiger partial charge >= 0.3 is 6.18 Å². The second-order valence-electron chi connectivity index (χ2n) is 5.36. The van der Waals surface area contributed by atoms with Crippen LogP contribution in [0.15, 0.2) is 53.7 Å². The van der Waals surface area contributed by atoms with Crippen LogP contribution in [0.2, 0.25) is 0 Å². The van der Waals surface area contributed by atoms with Gasteiger partial charge in [-0.3, -0.25) is 4.79 Å². The number of amides is 1. The Morgan fingerprint density at radius 2 is 1.83 bits per heavy atom. The van der Waals surface area contributed by atoms with Crippen LogP contribution in [0.5, 0.6) is 0 Å². The predicted octanol–water partition coefficient (Wildman–Crippen LogP) is 4.63. The Morgan fingerprint density at radius 3 is 2.33 bits per heavy atom. The average Bonchev–Trinajstić information content (AvgIpc) is 2.53. The van der Waals surface area contributed by atoms with Crippen molar-refractivity contribution in [2.24, 2.45) is 0 Å². The van der Waals surface area contributed by atoms with Gasteiger partial charge in [0.2, 0.25) is 5.91 Å². The van der Waals surface area contributed by atoms with E-state index in [0.717, 1.165) is 29.7 Å². The molecule has 24 heavy (non-hydrogen) atoms. The van der Waals surface area contributed by atoms with E-state index < -0.39 is 11.7 Å². The molecule has 0 spiro atoms. The smallest absolute Gasteiger partial charge is 0.309 e. The number of anilines is 1. The molecule has 3 nitrogen and oxygen atoms in total. The van der Waals surface area contributed by atoms with Gasteiger partial charge in [-0.2, -0.15) is 13.2 Å². The molecule has 0 atom stereocenters. The van der Waals surface area contributed by atoms with Gasteiger partial charge in [0, 0.05) is 17.9 Å². The van der Waals surface area contributed by atoms with E-state index in [4.69, 9.17) is 0 Å². The SMILES string of the molecule is CC(C)N(C(=O)CSc1ccc(C(F)(F)F)cn1)c1ccccc1. The van der Waals surface area contributed by atoms with Crippen LogP contribution in [-0.2, 0) is 11.0 Å². The fourth-order valence-corrected chi connectivity index (χ4v) is 2.86. The quantitative estimate of drug-likeness (QED) is 0.734. The number of nitrogens with zero attached hydrogens (tertiary/aromatic N) is 2. The van der Waals surface area contributed by atoms with Crippen molar-refractivity contribution in [3.05, 3.63) is 54.2 Å². The van der Waals surface area contributed by atoms with E-state index in [1.807, 2.05) is 44.2 Å². The van der Waals surface area contributed by atoms with Crippen molar-refractivity contribution < 1.29 is 18.0 Å². The van der Waals surface area contributed by atoms with E-state index in [1.54, 1.807) is 4.90 Å². The zero-order valence-electron chi connectivity index (χ0n) is 13.2. The van der Waals surface area contributed by atoms with Gasteiger partial charge in [-0.1, -0.05) is 30.0 Å². The Labute approximate surface area is 142 Å². The van der Waals surface area contributed by atoms with Gasteiger partial charge in [0.25, 0.3) is 0 Å². The lowest BCUT2D eigenvalue weighted by Gasteiger charge is -2.26. The standard InChI is InChI=1S/C17H17F3N2OS/c1-12(2)22(14-6-4-3-5-7-14)16(23)11-24-15-9-8-13(10-21-15)17(18,19)20/h3-10,12H,11H2,1-2H3. The molecule has 0 aliphatic heterocycles. The van der Waals surface area contributed by atoms with E-state index >= 15 is 0 Å². The zero-order chi connectivity index (χ0) is 17.7. The number of alkyl halides is 3. The normalized spacial score (nSPS) is 11.6. The summed E-state index contributed by atoms with van der Waals surface area (Å²) in [4.78, 5) is 17.9. The zero-order valence-corrected chi connectivity index (χ0v) is 14.1. The molecule has 0 fully saturated rings. The van der Waals surface area contributed by atoms with Crippen molar-refractivity contribution >= 4 is 23.4 Å². The van der Waals surface area contributed by atoms with Crippen LogP contribution >= 0.6 is 11.8 Å². The summed E-state index contributed by atoms with van der Waals surface area (Å²) in [6.07, 6.45) is -3.63. The van der Waals surface area contributed by atoms with Crippen LogP contribution in [0.1, 0.15) is 19.4 Å². The number of halogens is 3. The Kier molecular flexibility index (Phi) is 5.88. The number of aromatic nitrogens is 1. The molecule has 2 aromatic rings. The summed E-state index contributed by atoms with van der Waals surface area (Å²) < 4.78 is 37.5. The van der Waals surface area contributed by atoms with Crippen LogP contribution < -0.4 is 4.90 Å². The van der Waals surface area contributed by atoms with Crippen LogP contribution in [0.3, 0.4) is 0 Å². The first-order valence-electron chi connectivity index (χ1n) is 7.32. The summed E-state index contributed by atoms with van der Waals surface area (Å²) >= 11 is 1.12. The molecule has 2 rings (SSSR count). The molecule has 0 saturated carbocycles. The monoisotopic (exact) mass is 354 g/mol. The molecule has 1 aromatic heterocycles. The average molecular weight is 354 g/mol. The first-order valence-corrected chi connectivity index (χ1v) is 8.30. The number of hydrogen-bond donors (Lipinski definition) is 0. The molecule has 0 aliphatic carbocycles. The lowest BCUT2D eigenvalue weighted by Crippen LogP contribution is -2.38. The topological polar surface area (TPSA) is 33.2 Å². The molecule has 0 aliphatic rings. The highest BCUT2D eigenvalue weighted by molar-refractivity contribution is 7.99. The Morgan fingerprint density at radius 1 is 1.17 bits per heavy atom. The molecular weight excluding hydrogens is 337 g/mol. The predicted molar refractivity (Wildman–Crippen MR) is 89.0 cm³/mol. The second-order valence-corrected chi connectivity index (χ2v) is 6.36. The highest BCUT2D eigenvalue weighted by atomic mass is 32.2. The van der Waals surface area contributed by atoms with E-state index in [9.17, 15) is 18.0 Å².